The van der Waals surface area contributed by atoms with Gasteiger partial charge in [-0.3, -0.25) is 0 Å². The number of β-amino-alcohol motifs (C(OH)–C–C–N with tert-alkyl or cyclic N) is 1. The van der Waals surface area contributed by atoms with E-state index in [1.54, 1.807) is 18.2 Å². The molecule has 0 amide bonds. The number of rotatable bonds is 6. The number of hydrogen-bond acceptors (Lipinski definition) is 11. The zero-order chi connectivity index (χ0) is 25.0. The van der Waals surface area contributed by atoms with Crippen molar-refractivity contribution < 1.29 is 21.9 Å². The smallest absolute Gasteiger partial charge is 0.240 e. The molecule has 1 aliphatic heterocycles. The van der Waals surface area contributed by atoms with Crippen LogP contribution in [0.3, 0.4) is 0 Å². The van der Waals surface area contributed by atoms with Crippen molar-refractivity contribution in [3.05, 3.63) is 30.3 Å². The van der Waals surface area contributed by atoms with E-state index in [1.807, 2.05) is 0 Å². The number of nitrogens with one attached hydrogen (secondary N) is 3. The second kappa shape index (κ2) is 8.35. The minimum Gasteiger partial charge on any atom is -0.391 e. The first-order valence-electron chi connectivity index (χ1n) is 10.4. The van der Waals surface area contributed by atoms with Crippen LogP contribution < -0.4 is 16.2 Å². The Labute approximate surface area is 199 Å². The number of sulfone groups is 1. The Kier molecular flexibility index (Phi) is 5.56. The highest BCUT2D eigenvalue weighted by molar-refractivity contribution is 7.93. The zero-order valence-electron chi connectivity index (χ0n) is 18.0. The molecule has 0 unspecified atom stereocenters. The number of H-pyrrole nitrogens is 2. The number of nitrogens with zero attached hydrogens (tertiary/aromatic N) is 4. The van der Waals surface area contributed by atoms with Crippen LogP contribution in [-0.4, -0.2) is 77.5 Å². The van der Waals surface area contributed by atoms with Gasteiger partial charge in [0, 0.05) is 24.6 Å². The van der Waals surface area contributed by atoms with E-state index in [4.69, 9.17) is 10.9 Å². The Bertz CT molecular complexity index is 1630. The number of tetrazole rings is 1. The minimum absolute atomic E-state index is 0.142. The minimum atomic E-state index is -4.63. The number of imidazole rings is 1. The van der Waals surface area contributed by atoms with Crippen molar-refractivity contribution in [1.82, 2.24) is 35.9 Å². The Hall–Kier alpha value is -3.44. The van der Waals surface area contributed by atoms with Crippen LogP contribution in [0.15, 0.2) is 40.1 Å². The van der Waals surface area contributed by atoms with Gasteiger partial charge >= 0.3 is 0 Å². The fourth-order valence-corrected chi connectivity index (χ4v) is 7.64. The van der Waals surface area contributed by atoms with Gasteiger partial charge in [0.25, 0.3) is 0 Å². The standard InChI is InChI=1S/C19H21N9O5S2/c20-19-23-12-3-1-2-11(16(12)24-19)10-4-5-14(34(30,31)8-9-6-22-7-13(9)29)17(35(21,32)33)15(10)18-25-27-28-26-18/h1-5,9,13,22,29H,6-8H2,(H3,20,23,24)(H2,21,32,33)(H,25,26,27,28)/t9-,13-/m0/s1. The van der Waals surface area contributed by atoms with E-state index in [9.17, 15) is 21.9 Å². The number of anilines is 1. The van der Waals surface area contributed by atoms with Crippen molar-refractivity contribution in [2.45, 2.75) is 15.9 Å². The van der Waals surface area contributed by atoms with Crippen LogP contribution >= 0.6 is 0 Å². The summed E-state index contributed by atoms with van der Waals surface area (Å²) in [5, 5.41) is 32.2. The number of nitrogen functional groups attached to an aromatic ring is 1. The molecule has 2 atom stereocenters. The largest absolute Gasteiger partial charge is 0.391 e. The molecule has 0 bridgehead atoms. The molecule has 14 nitrogen and oxygen atoms in total. The molecule has 0 spiro atoms. The third-order valence-electron chi connectivity index (χ3n) is 5.87. The molecule has 3 heterocycles. The summed E-state index contributed by atoms with van der Waals surface area (Å²) in [6.07, 6.45) is -0.888. The van der Waals surface area contributed by atoms with Gasteiger partial charge in [-0.1, -0.05) is 18.2 Å². The molecule has 1 saturated heterocycles. The topological polar surface area (TPSA) is 236 Å². The van der Waals surface area contributed by atoms with Gasteiger partial charge in [-0.05, 0) is 22.9 Å². The quantitative estimate of drug-likeness (QED) is 0.180. The first kappa shape index (κ1) is 23.3. The third-order valence-corrected chi connectivity index (χ3v) is 8.87. The number of benzene rings is 2. The lowest BCUT2D eigenvalue weighted by molar-refractivity contribution is 0.157. The second-order valence-corrected chi connectivity index (χ2v) is 11.7. The Balaban J connectivity index is 1.81. The molecule has 8 N–H and O–H groups in total. The van der Waals surface area contributed by atoms with E-state index in [-0.39, 0.29) is 36.0 Å². The first-order chi connectivity index (χ1) is 16.6. The van der Waals surface area contributed by atoms with E-state index in [2.05, 4.69) is 35.9 Å². The summed E-state index contributed by atoms with van der Waals surface area (Å²) in [4.78, 5) is 5.99. The summed E-state index contributed by atoms with van der Waals surface area (Å²) in [7, 11) is -8.86. The predicted molar refractivity (Wildman–Crippen MR) is 125 cm³/mol. The van der Waals surface area contributed by atoms with Gasteiger partial charge < -0.3 is 21.1 Å². The van der Waals surface area contributed by atoms with Crippen molar-refractivity contribution in [3.8, 4) is 22.5 Å². The van der Waals surface area contributed by atoms with Gasteiger partial charge in [0.2, 0.25) is 15.8 Å². The predicted octanol–water partition coefficient (Wildman–Crippen LogP) is -1.01. The van der Waals surface area contributed by atoms with Crippen molar-refractivity contribution in [2.24, 2.45) is 11.1 Å². The number of nitrogens with two attached hydrogens (primary N) is 2. The Morgan fingerprint density at radius 1 is 1.09 bits per heavy atom. The number of aliphatic hydroxyl groups excluding tert-OH is 1. The van der Waals surface area contributed by atoms with Gasteiger partial charge in [-0.2, -0.15) is 5.21 Å². The highest BCUT2D eigenvalue weighted by Crippen LogP contribution is 2.41. The van der Waals surface area contributed by atoms with Crippen LogP contribution in [-0.2, 0) is 19.9 Å². The fourth-order valence-electron chi connectivity index (χ4n) is 4.33. The lowest BCUT2D eigenvalue weighted by atomic mass is 9.98. The zero-order valence-corrected chi connectivity index (χ0v) is 19.6. The van der Waals surface area contributed by atoms with E-state index in [0.29, 0.717) is 16.6 Å². The van der Waals surface area contributed by atoms with Gasteiger partial charge in [0.15, 0.2) is 15.8 Å². The molecule has 5 rings (SSSR count). The van der Waals surface area contributed by atoms with Gasteiger partial charge in [0.05, 0.1) is 33.3 Å². The maximum atomic E-state index is 13.4. The Morgan fingerprint density at radius 2 is 1.89 bits per heavy atom. The molecule has 0 radical (unpaired) electrons. The molecule has 0 aliphatic carbocycles. The monoisotopic (exact) mass is 519 g/mol. The number of aliphatic hydroxyl groups is 1. The van der Waals surface area contributed by atoms with Crippen LogP contribution in [0.1, 0.15) is 0 Å². The number of aromatic amines is 2. The summed E-state index contributed by atoms with van der Waals surface area (Å²) in [6.45, 7) is 0.509. The fraction of sp³-hybridized carbons (Fsp3) is 0.263. The number of hydrogen-bond donors (Lipinski definition) is 6. The number of sulfonamides is 1. The van der Waals surface area contributed by atoms with Crippen LogP contribution in [0.4, 0.5) is 5.95 Å². The summed E-state index contributed by atoms with van der Waals surface area (Å²) < 4.78 is 52.6. The van der Waals surface area contributed by atoms with Gasteiger partial charge in [0.1, 0.15) is 4.90 Å². The molecule has 0 saturated carbocycles. The average molecular weight is 520 g/mol. The molecule has 184 valence electrons. The van der Waals surface area contributed by atoms with Crippen molar-refractivity contribution in [2.75, 3.05) is 24.6 Å². The Morgan fingerprint density at radius 3 is 2.54 bits per heavy atom. The molecular formula is C19H21N9O5S2. The van der Waals surface area contributed by atoms with Crippen molar-refractivity contribution in [3.63, 3.8) is 0 Å². The van der Waals surface area contributed by atoms with Crippen LogP contribution in [0, 0.1) is 5.92 Å². The summed E-state index contributed by atoms with van der Waals surface area (Å²) >= 11 is 0. The molecule has 4 aromatic rings. The number of fused-ring (bicyclic) bond motifs is 1. The lowest BCUT2D eigenvalue weighted by Gasteiger charge is -2.18. The van der Waals surface area contributed by atoms with Crippen LogP contribution in [0.5, 0.6) is 0 Å². The number of para-hydroxylation sites is 1. The van der Waals surface area contributed by atoms with Crippen molar-refractivity contribution >= 4 is 36.8 Å². The van der Waals surface area contributed by atoms with Crippen LogP contribution in [0.25, 0.3) is 33.5 Å². The molecule has 1 aliphatic rings. The average Bonchev–Trinajstić information content (AvgIpc) is 3.53. The molecule has 2 aromatic carbocycles. The summed E-state index contributed by atoms with van der Waals surface area (Å²) in [5.41, 5.74) is 7.36. The number of aromatic nitrogens is 6. The van der Waals surface area contributed by atoms with E-state index >= 15 is 0 Å². The molecular weight excluding hydrogens is 498 g/mol. The number of primary sulfonamides is 1. The normalized spacial score (nSPS) is 18.9. The van der Waals surface area contributed by atoms with E-state index < -0.39 is 47.4 Å². The molecule has 2 aromatic heterocycles. The maximum absolute atomic E-state index is 13.4. The highest BCUT2D eigenvalue weighted by atomic mass is 32.2. The van der Waals surface area contributed by atoms with E-state index in [1.165, 1.54) is 12.1 Å². The van der Waals surface area contributed by atoms with Crippen LogP contribution in [0.2, 0.25) is 0 Å². The lowest BCUT2D eigenvalue weighted by Crippen LogP contribution is -2.28. The summed E-state index contributed by atoms with van der Waals surface area (Å²) in [6, 6.07) is 7.72. The molecule has 16 heteroatoms. The molecule has 35 heavy (non-hydrogen) atoms. The second-order valence-electron chi connectivity index (χ2n) is 8.19. The van der Waals surface area contributed by atoms with Gasteiger partial charge in [-0.15, -0.1) is 10.2 Å². The maximum Gasteiger partial charge on any atom is 0.240 e. The SMILES string of the molecule is Nc1nc2c(-c3ccc(S(=O)(=O)C[C@@H]4CNC[C@@H]4O)c(S(N)(=O)=O)c3-c3nn[nH]n3)cccc2[nH]1. The summed E-state index contributed by atoms with van der Waals surface area (Å²) in [5.74, 6) is -1.14. The van der Waals surface area contributed by atoms with Gasteiger partial charge in [-0.25, -0.2) is 27.0 Å². The van der Waals surface area contributed by atoms with E-state index in [0.717, 1.165) is 0 Å². The molecule has 1 fully saturated rings. The third kappa shape index (κ3) is 4.14. The van der Waals surface area contributed by atoms with Crippen molar-refractivity contribution in [1.29, 1.82) is 0 Å². The first-order valence-corrected chi connectivity index (χ1v) is 13.6. The highest BCUT2D eigenvalue weighted by Gasteiger charge is 2.36.